The molecule has 0 saturated carbocycles. The van der Waals surface area contributed by atoms with Gasteiger partial charge in [0.15, 0.2) is 0 Å². The van der Waals surface area contributed by atoms with E-state index in [1.54, 1.807) is 0 Å². The van der Waals surface area contributed by atoms with Crippen LogP contribution >= 0.6 is 0 Å². The van der Waals surface area contributed by atoms with E-state index in [2.05, 4.69) is 23.0 Å². The van der Waals surface area contributed by atoms with E-state index in [0.29, 0.717) is 0 Å². The standard InChI is InChI=1S/C6H7NO2/c1-3-9-6(8)4-5-7-2/h3-5H,1-2H2/b5-4+. The van der Waals surface area contributed by atoms with Crippen LogP contribution in [-0.2, 0) is 9.53 Å². The smallest absolute Gasteiger partial charge is 0.337 e. The van der Waals surface area contributed by atoms with Crippen molar-refractivity contribution < 1.29 is 9.53 Å². The van der Waals surface area contributed by atoms with Crippen LogP contribution in [0.4, 0.5) is 0 Å². The average molecular weight is 125 g/mol. The summed E-state index contributed by atoms with van der Waals surface area (Å²) >= 11 is 0. The third-order valence-electron chi connectivity index (χ3n) is 0.516. The van der Waals surface area contributed by atoms with Crippen LogP contribution in [0.5, 0.6) is 0 Å². The Kier molecular flexibility index (Phi) is 4.04. The monoisotopic (exact) mass is 125 g/mol. The first kappa shape index (κ1) is 7.62. The average Bonchev–Trinajstić information content (AvgIpc) is 1.85. The molecule has 0 aromatic carbocycles. The highest BCUT2D eigenvalue weighted by molar-refractivity contribution is 5.82. The molecule has 0 aliphatic heterocycles. The minimum Gasteiger partial charge on any atom is -0.432 e. The zero-order valence-electron chi connectivity index (χ0n) is 4.91. The van der Waals surface area contributed by atoms with Gasteiger partial charge in [0.05, 0.1) is 6.26 Å². The summed E-state index contributed by atoms with van der Waals surface area (Å²) < 4.78 is 4.29. The third kappa shape index (κ3) is 4.47. The van der Waals surface area contributed by atoms with Crippen LogP contribution in [0.3, 0.4) is 0 Å². The fourth-order valence-corrected chi connectivity index (χ4v) is 0.235. The lowest BCUT2D eigenvalue weighted by Crippen LogP contribution is -1.91. The third-order valence-corrected chi connectivity index (χ3v) is 0.516. The highest BCUT2D eigenvalue weighted by atomic mass is 16.5. The van der Waals surface area contributed by atoms with E-state index in [1.807, 2.05) is 0 Å². The van der Waals surface area contributed by atoms with Crippen LogP contribution in [-0.4, -0.2) is 12.7 Å². The predicted octanol–water partition coefficient (Wildman–Crippen LogP) is 0.887. The van der Waals surface area contributed by atoms with Gasteiger partial charge in [0.25, 0.3) is 0 Å². The second-order valence-corrected chi connectivity index (χ2v) is 1.10. The van der Waals surface area contributed by atoms with E-state index in [1.165, 1.54) is 6.20 Å². The molecule has 0 N–H and O–H groups in total. The van der Waals surface area contributed by atoms with Crippen LogP contribution in [0, 0.1) is 0 Å². The lowest BCUT2D eigenvalue weighted by Gasteiger charge is -1.86. The summed E-state index contributed by atoms with van der Waals surface area (Å²) in [5, 5.41) is 0. The van der Waals surface area contributed by atoms with Crippen LogP contribution in [0.1, 0.15) is 0 Å². The van der Waals surface area contributed by atoms with Gasteiger partial charge in [0, 0.05) is 12.3 Å². The molecule has 0 aliphatic rings. The number of ether oxygens (including phenoxy) is 1. The van der Waals surface area contributed by atoms with Crippen molar-refractivity contribution in [3.63, 3.8) is 0 Å². The Hall–Kier alpha value is -1.38. The van der Waals surface area contributed by atoms with Gasteiger partial charge in [-0.05, 0) is 6.72 Å². The molecule has 3 nitrogen and oxygen atoms in total. The van der Waals surface area contributed by atoms with Gasteiger partial charge < -0.3 is 4.74 Å². The Balaban J connectivity index is 3.61. The number of rotatable bonds is 3. The molecule has 0 radical (unpaired) electrons. The minimum atomic E-state index is -0.502. The van der Waals surface area contributed by atoms with Gasteiger partial charge in [-0.25, -0.2) is 4.79 Å². The summed E-state index contributed by atoms with van der Waals surface area (Å²) in [5.41, 5.74) is 0. The number of carbonyl (C=O) groups excluding carboxylic acids is 1. The van der Waals surface area contributed by atoms with Gasteiger partial charge >= 0.3 is 5.97 Å². The van der Waals surface area contributed by atoms with E-state index < -0.39 is 5.97 Å². The first-order valence-corrected chi connectivity index (χ1v) is 2.25. The number of aliphatic imine (C=N–C) groups is 1. The molecule has 0 unspecified atom stereocenters. The van der Waals surface area contributed by atoms with Crippen molar-refractivity contribution in [1.29, 1.82) is 0 Å². The molecule has 0 atom stereocenters. The first-order valence-electron chi connectivity index (χ1n) is 2.25. The normalized spacial score (nSPS) is 8.89. The maximum atomic E-state index is 10.3. The highest BCUT2D eigenvalue weighted by Crippen LogP contribution is 1.80. The molecular weight excluding hydrogens is 118 g/mol. The molecule has 0 aromatic rings. The number of carbonyl (C=O) groups is 1. The Morgan fingerprint density at radius 2 is 2.33 bits per heavy atom. The van der Waals surface area contributed by atoms with Crippen LogP contribution in [0.15, 0.2) is 30.1 Å². The van der Waals surface area contributed by atoms with E-state index in [9.17, 15) is 4.79 Å². The molecule has 0 amide bonds. The van der Waals surface area contributed by atoms with Crippen LogP contribution in [0.25, 0.3) is 0 Å². The largest absolute Gasteiger partial charge is 0.432 e. The Morgan fingerprint density at radius 1 is 1.67 bits per heavy atom. The van der Waals surface area contributed by atoms with Gasteiger partial charge in [0.1, 0.15) is 0 Å². The zero-order valence-corrected chi connectivity index (χ0v) is 4.91. The van der Waals surface area contributed by atoms with Crippen molar-refractivity contribution in [3.8, 4) is 0 Å². The molecule has 0 heterocycles. The minimum absolute atomic E-state index is 0.502. The molecule has 0 aromatic heterocycles. The summed E-state index contributed by atoms with van der Waals surface area (Å²) in [6, 6.07) is 0. The van der Waals surface area contributed by atoms with Gasteiger partial charge in [-0.2, -0.15) is 0 Å². The maximum absolute atomic E-state index is 10.3. The van der Waals surface area contributed by atoms with Crippen LogP contribution in [0.2, 0.25) is 0 Å². The molecule has 0 bridgehead atoms. The second kappa shape index (κ2) is 4.77. The summed E-state index contributed by atoms with van der Waals surface area (Å²) in [6.45, 7) is 6.31. The van der Waals surface area contributed by atoms with Crippen molar-refractivity contribution in [2.45, 2.75) is 0 Å². The van der Waals surface area contributed by atoms with E-state index in [4.69, 9.17) is 0 Å². The topological polar surface area (TPSA) is 38.7 Å². The molecule has 0 saturated heterocycles. The van der Waals surface area contributed by atoms with Gasteiger partial charge in [-0.1, -0.05) is 6.58 Å². The number of hydrogen-bond donors (Lipinski definition) is 0. The fraction of sp³-hybridized carbons (Fsp3) is 0. The van der Waals surface area contributed by atoms with E-state index >= 15 is 0 Å². The van der Waals surface area contributed by atoms with Crippen molar-refractivity contribution in [3.05, 3.63) is 25.1 Å². The number of esters is 1. The predicted molar refractivity (Wildman–Crippen MR) is 35.0 cm³/mol. The Bertz CT molecular complexity index is 149. The first-order chi connectivity index (χ1) is 4.31. The van der Waals surface area contributed by atoms with Crippen molar-refractivity contribution in [2.24, 2.45) is 4.99 Å². The molecule has 0 rings (SSSR count). The number of nitrogens with zero attached hydrogens (tertiary/aromatic N) is 1. The van der Waals surface area contributed by atoms with E-state index in [0.717, 1.165) is 12.3 Å². The summed E-state index contributed by atoms with van der Waals surface area (Å²) in [7, 11) is 0. The fourth-order valence-electron chi connectivity index (χ4n) is 0.235. The molecule has 48 valence electrons. The number of hydrogen-bond acceptors (Lipinski definition) is 3. The SMILES string of the molecule is C=COC(=O)/C=C/N=C. The Morgan fingerprint density at radius 3 is 2.78 bits per heavy atom. The molecule has 0 fully saturated rings. The van der Waals surface area contributed by atoms with Gasteiger partial charge in [-0.3, -0.25) is 4.99 Å². The van der Waals surface area contributed by atoms with Gasteiger partial charge in [0.2, 0.25) is 0 Å². The molecule has 0 aliphatic carbocycles. The van der Waals surface area contributed by atoms with Crippen LogP contribution < -0.4 is 0 Å². The van der Waals surface area contributed by atoms with E-state index in [-0.39, 0.29) is 0 Å². The maximum Gasteiger partial charge on any atom is 0.337 e. The lowest BCUT2D eigenvalue weighted by atomic mass is 10.6. The molecule has 0 spiro atoms. The zero-order chi connectivity index (χ0) is 7.11. The molecule has 9 heavy (non-hydrogen) atoms. The highest BCUT2D eigenvalue weighted by Gasteiger charge is 1.87. The van der Waals surface area contributed by atoms with Crippen molar-refractivity contribution in [1.82, 2.24) is 0 Å². The summed E-state index contributed by atoms with van der Waals surface area (Å²) in [4.78, 5) is 13.6. The van der Waals surface area contributed by atoms with Crippen molar-refractivity contribution in [2.75, 3.05) is 0 Å². The molecular formula is C6H7NO2. The summed E-state index contributed by atoms with van der Waals surface area (Å²) in [6.07, 6.45) is 3.44. The van der Waals surface area contributed by atoms with Gasteiger partial charge in [-0.15, -0.1) is 0 Å². The quantitative estimate of drug-likeness (QED) is 0.243. The summed E-state index contributed by atoms with van der Waals surface area (Å²) in [5.74, 6) is -0.502. The Labute approximate surface area is 53.4 Å². The molecule has 3 heteroatoms. The van der Waals surface area contributed by atoms with Crippen molar-refractivity contribution >= 4 is 12.7 Å². The lowest BCUT2D eigenvalue weighted by molar-refractivity contribution is -0.132. The second-order valence-electron chi connectivity index (χ2n) is 1.10.